The molecule has 0 spiro atoms. The highest BCUT2D eigenvalue weighted by molar-refractivity contribution is 7.15. The lowest BCUT2D eigenvalue weighted by molar-refractivity contribution is -0.112. The van der Waals surface area contributed by atoms with Crippen molar-refractivity contribution >= 4 is 51.7 Å². The summed E-state index contributed by atoms with van der Waals surface area (Å²) in [6, 6.07) is 12.2. The van der Waals surface area contributed by atoms with Gasteiger partial charge in [-0.25, -0.2) is 0 Å². The number of aromatic nitrogens is 2. The number of amides is 1. The second-order valence-electron chi connectivity index (χ2n) is 6.64. The van der Waals surface area contributed by atoms with Gasteiger partial charge in [0.25, 0.3) is 5.91 Å². The van der Waals surface area contributed by atoms with Gasteiger partial charge in [-0.15, -0.1) is 10.2 Å². The number of carbonyl (C=O) groups excluding carboxylic acids is 1. The minimum absolute atomic E-state index is 0.131. The van der Waals surface area contributed by atoms with Crippen LogP contribution in [0, 0.1) is 18.3 Å². The Morgan fingerprint density at radius 1 is 1.12 bits per heavy atom. The first-order valence-electron chi connectivity index (χ1n) is 10.1. The van der Waals surface area contributed by atoms with Crippen LogP contribution in [-0.4, -0.2) is 35.9 Å². The van der Waals surface area contributed by atoms with Gasteiger partial charge in [0.1, 0.15) is 35.6 Å². The SMILES string of the molecule is CCOc1cc(C=C(C#N)C(=O)Nc2nnc(C)s2)cc(Cl)c1OCCOc1ccccc1Cl. The average Bonchev–Trinajstić information content (AvgIpc) is 3.22. The normalized spacial score (nSPS) is 11.0. The predicted molar refractivity (Wildman–Crippen MR) is 132 cm³/mol. The van der Waals surface area contributed by atoms with E-state index in [1.165, 1.54) is 17.4 Å². The number of hydrogen-bond donors (Lipinski definition) is 1. The first-order chi connectivity index (χ1) is 16.4. The van der Waals surface area contributed by atoms with E-state index >= 15 is 0 Å². The second-order valence-corrected chi connectivity index (χ2v) is 8.64. The molecule has 176 valence electrons. The highest BCUT2D eigenvalue weighted by Crippen LogP contribution is 2.37. The molecule has 0 bridgehead atoms. The van der Waals surface area contributed by atoms with E-state index in [1.807, 2.05) is 25.1 Å². The molecule has 0 radical (unpaired) electrons. The quantitative estimate of drug-likeness (QED) is 0.213. The maximum absolute atomic E-state index is 12.5. The number of rotatable bonds is 10. The van der Waals surface area contributed by atoms with Crippen molar-refractivity contribution in [3.63, 3.8) is 0 Å². The van der Waals surface area contributed by atoms with E-state index in [0.29, 0.717) is 44.6 Å². The largest absolute Gasteiger partial charge is 0.490 e. The van der Waals surface area contributed by atoms with Crippen LogP contribution in [0.1, 0.15) is 17.5 Å². The van der Waals surface area contributed by atoms with Gasteiger partial charge in [0.15, 0.2) is 11.5 Å². The smallest absolute Gasteiger partial charge is 0.268 e. The summed E-state index contributed by atoms with van der Waals surface area (Å²) in [5.74, 6) is 0.646. The molecule has 8 nitrogen and oxygen atoms in total. The van der Waals surface area contributed by atoms with Crippen molar-refractivity contribution in [2.75, 3.05) is 25.1 Å². The van der Waals surface area contributed by atoms with Crippen LogP contribution < -0.4 is 19.5 Å². The molecule has 2 aromatic carbocycles. The molecular weight excluding hydrogens is 499 g/mol. The molecule has 1 amide bonds. The van der Waals surface area contributed by atoms with Crippen LogP contribution in [-0.2, 0) is 4.79 Å². The highest BCUT2D eigenvalue weighted by atomic mass is 35.5. The molecule has 0 aliphatic rings. The molecule has 3 aromatic rings. The van der Waals surface area contributed by atoms with Crippen molar-refractivity contribution in [2.45, 2.75) is 13.8 Å². The molecule has 0 aliphatic carbocycles. The van der Waals surface area contributed by atoms with E-state index < -0.39 is 5.91 Å². The van der Waals surface area contributed by atoms with Gasteiger partial charge < -0.3 is 14.2 Å². The van der Waals surface area contributed by atoms with Crippen LogP contribution >= 0.6 is 34.5 Å². The lowest BCUT2D eigenvalue weighted by Gasteiger charge is -2.15. The van der Waals surface area contributed by atoms with Gasteiger partial charge in [-0.1, -0.05) is 46.7 Å². The third kappa shape index (κ3) is 6.84. The minimum atomic E-state index is -0.607. The first kappa shape index (κ1) is 25.3. The van der Waals surface area contributed by atoms with Crippen molar-refractivity contribution in [2.24, 2.45) is 0 Å². The van der Waals surface area contributed by atoms with E-state index in [9.17, 15) is 10.1 Å². The lowest BCUT2D eigenvalue weighted by atomic mass is 10.1. The number of nitrogens with one attached hydrogen (secondary N) is 1. The van der Waals surface area contributed by atoms with Gasteiger partial charge in [-0.05, 0) is 49.8 Å². The molecule has 0 fully saturated rings. The monoisotopic (exact) mass is 518 g/mol. The van der Waals surface area contributed by atoms with Crippen molar-refractivity contribution in [3.8, 4) is 23.3 Å². The Morgan fingerprint density at radius 3 is 2.56 bits per heavy atom. The van der Waals surface area contributed by atoms with E-state index in [1.54, 1.807) is 31.2 Å². The number of carbonyl (C=O) groups is 1. The Labute approximate surface area is 210 Å². The van der Waals surface area contributed by atoms with Gasteiger partial charge in [0, 0.05) is 0 Å². The maximum atomic E-state index is 12.5. The van der Waals surface area contributed by atoms with Gasteiger partial charge in [-0.3, -0.25) is 10.1 Å². The van der Waals surface area contributed by atoms with Crippen molar-refractivity contribution < 1.29 is 19.0 Å². The summed E-state index contributed by atoms with van der Waals surface area (Å²) < 4.78 is 17.1. The predicted octanol–water partition coefficient (Wildman–Crippen LogP) is 5.56. The molecule has 0 saturated carbocycles. The minimum Gasteiger partial charge on any atom is -0.490 e. The number of benzene rings is 2. The Bertz CT molecular complexity index is 1240. The molecule has 0 aliphatic heterocycles. The molecule has 11 heteroatoms. The third-order valence-electron chi connectivity index (χ3n) is 4.18. The number of halogens is 2. The molecular formula is C23H20Cl2N4O4S. The number of para-hydroxylation sites is 1. The standard InChI is InChI=1S/C23H20Cl2N4O4S/c1-3-31-20-12-15(10-16(13-26)22(30)27-23-29-28-14(2)34-23)11-18(25)21(20)33-9-8-32-19-7-5-4-6-17(19)24/h4-7,10-12H,3,8-9H2,1-2H3,(H,27,29,30). The number of anilines is 1. The van der Waals surface area contributed by atoms with Gasteiger partial charge >= 0.3 is 0 Å². The van der Waals surface area contributed by atoms with Gasteiger partial charge in [0.2, 0.25) is 5.13 Å². The number of hydrogen-bond acceptors (Lipinski definition) is 8. The third-order valence-corrected chi connectivity index (χ3v) is 5.53. The fraction of sp³-hybridized carbons (Fsp3) is 0.217. The van der Waals surface area contributed by atoms with Gasteiger partial charge in [0.05, 0.1) is 16.7 Å². The van der Waals surface area contributed by atoms with Crippen molar-refractivity contribution in [3.05, 3.63) is 62.6 Å². The van der Waals surface area contributed by atoms with Crippen molar-refractivity contribution in [1.29, 1.82) is 5.26 Å². The van der Waals surface area contributed by atoms with Crippen LogP contribution in [0.25, 0.3) is 6.08 Å². The van der Waals surface area contributed by atoms with Crippen LogP contribution in [0.4, 0.5) is 5.13 Å². The molecule has 0 saturated heterocycles. The zero-order chi connectivity index (χ0) is 24.5. The summed E-state index contributed by atoms with van der Waals surface area (Å²) in [7, 11) is 0. The van der Waals surface area contributed by atoms with E-state index in [0.717, 1.165) is 0 Å². The number of aryl methyl sites for hydroxylation is 1. The molecule has 0 unspecified atom stereocenters. The zero-order valence-electron chi connectivity index (χ0n) is 18.3. The number of nitrogens with zero attached hydrogens (tertiary/aromatic N) is 3. The van der Waals surface area contributed by atoms with E-state index in [2.05, 4.69) is 15.5 Å². The fourth-order valence-electron chi connectivity index (χ4n) is 2.76. The van der Waals surface area contributed by atoms with Gasteiger partial charge in [-0.2, -0.15) is 5.26 Å². The molecule has 3 rings (SSSR count). The number of ether oxygens (including phenoxy) is 3. The summed E-state index contributed by atoms with van der Waals surface area (Å²) in [6.07, 6.45) is 1.40. The summed E-state index contributed by atoms with van der Waals surface area (Å²) in [4.78, 5) is 12.5. The van der Waals surface area contributed by atoms with Crippen molar-refractivity contribution in [1.82, 2.24) is 10.2 Å². The average molecular weight is 519 g/mol. The van der Waals surface area contributed by atoms with E-state index in [4.69, 9.17) is 37.4 Å². The lowest BCUT2D eigenvalue weighted by Crippen LogP contribution is -2.13. The number of nitriles is 1. The van der Waals surface area contributed by atoms with Crippen LogP contribution in [0.15, 0.2) is 42.0 Å². The Balaban J connectivity index is 1.73. The first-order valence-corrected chi connectivity index (χ1v) is 11.7. The Hall–Kier alpha value is -3.32. The summed E-state index contributed by atoms with van der Waals surface area (Å²) >= 11 is 13.7. The zero-order valence-corrected chi connectivity index (χ0v) is 20.6. The molecule has 34 heavy (non-hydrogen) atoms. The maximum Gasteiger partial charge on any atom is 0.268 e. The highest BCUT2D eigenvalue weighted by Gasteiger charge is 2.16. The topological polar surface area (TPSA) is 106 Å². The summed E-state index contributed by atoms with van der Waals surface area (Å²) in [5.41, 5.74) is 0.362. The summed E-state index contributed by atoms with van der Waals surface area (Å²) in [6.45, 7) is 4.36. The molecule has 0 atom stereocenters. The second kappa shape index (κ2) is 12.2. The van der Waals surface area contributed by atoms with Crippen LogP contribution in [0.3, 0.4) is 0 Å². The van der Waals surface area contributed by atoms with Crippen LogP contribution in [0.5, 0.6) is 17.2 Å². The molecule has 1 heterocycles. The summed E-state index contributed by atoms with van der Waals surface area (Å²) in [5, 5.41) is 21.4. The molecule has 1 N–H and O–H groups in total. The fourth-order valence-corrected chi connectivity index (χ4v) is 3.81. The van der Waals surface area contributed by atoms with E-state index in [-0.39, 0.29) is 23.8 Å². The molecule has 1 aromatic heterocycles. The van der Waals surface area contributed by atoms with Crippen LogP contribution in [0.2, 0.25) is 10.0 Å². The Kier molecular flexibility index (Phi) is 9.10. The Morgan fingerprint density at radius 2 is 1.88 bits per heavy atom.